The molecule has 1 aromatic rings. The lowest BCUT2D eigenvalue weighted by Gasteiger charge is -2.00. The van der Waals surface area contributed by atoms with Gasteiger partial charge in [0, 0.05) is 13.6 Å². The van der Waals surface area contributed by atoms with E-state index in [1.54, 1.807) is 0 Å². The Morgan fingerprint density at radius 1 is 1.36 bits per heavy atom. The Hall–Kier alpha value is 0.350. The van der Waals surface area contributed by atoms with Crippen molar-refractivity contribution in [3.05, 3.63) is 30.9 Å². The van der Waals surface area contributed by atoms with Crippen LogP contribution < -0.4 is 0 Å². The van der Waals surface area contributed by atoms with Gasteiger partial charge in [0.15, 0.2) is 0 Å². The molecule has 1 rings (SSSR count). The Kier molecular flexibility index (Phi) is 3.77. The van der Waals surface area contributed by atoms with E-state index in [-0.39, 0.29) is 0 Å². The monoisotopic (exact) mass is 372 g/mol. The number of aldehydes is 1. The van der Waals surface area contributed by atoms with Crippen LogP contribution in [0, 0.1) is 7.14 Å². The molecule has 0 aliphatic rings. The molecule has 0 aliphatic heterocycles. The van der Waals surface area contributed by atoms with E-state index in [9.17, 15) is 4.79 Å². The summed E-state index contributed by atoms with van der Waals surface area (Å²) in [5.74, 6) is 0. The summed E-state index contributed by atoms with van der Waals surface area (Å²) in [5, 5.41) is 0. The van der Waals surface area contributed by atoms with Crippen LogP contribution in [0.4, 0.5) is 0 Å². The minimum atomic E-state index is 0.523. The predicted molar refractivity (Wildman–Crippen MR) is 61.6 cm³/mol. The fourth-order valence-corrected chi connectivity index (χ4v) is 1.93. The van der Waals surface area contributed by atoms with Crippen molar-refractivity contribution >= 4 is 51.5 Å². The fraction of sp³-hybridized carbons (Fsp3) is 0.125. The summed E-state index contributed by atoms with van der Waals surface area (Å²) < 4.78 is 2.40. The molecule has 0 amide bonds. The molecule has 0 aliphatic carbocycles. The maximum absolute atomic E-state index is 10.2. The minimum Gasteiger partial charge on any atom is -0.303 e. The standard InChI is InChI=1S/C8H6I2O/c9-7-3-1-2-6(4-5-11)8(7)10/h1-3,5H,4H2. The van der Waals surface area contributed by atoms with E-state index in [1.807, 2.05) is 18.2 Å². The van der Waals surface area contributed by atoms with E-state index in [1.165, 1.54) is 7.14 Å². The number of carbonyl (C=O) groups excluding carboxylic acids is 1. The van der Waals surface area contributed by atoms with Gasteiger partial charge < -0.3 is 4.79 Å². The number of benzene rings is 1. The van der Waals surface area contributed by atoms with Crippen molar-refractivity contribution in [2.75, 3.05) is 0 Å². The quantitative estimate of drug-likeness (QED) is 0.577. The highest BCUT2D eigenvalue weighted by molar-refractivity contribution is 14.1. The third kappa shape index (κ3) is 2.40. The zero-order valence-corrected chi connectivity index (χ0v) is 10.00. The van der Waals surface area contributed by atoms with Crippen molar-refractivity contribution in [1.82, 2.24) is 0 Å². The second kappa shape index (κ2) is 4.39. The Morgan fingerprint density at radius 2 is 2.09 bits per heavy atom. The normalized spacial score (nSPS) is 9.64. The van der Waals surface area contributed by atoms with Gasteiger partial charge in [-0.2, -0.15) is 0 Å². The van der Waals surface area contributed by atoms with Gasteiger partial charge in [-0.25, -0.2) is 0 Å². The molecule has 0 spiro atoms. The van der Waals surface area contributed by atoms with Crippen LogP contribution in [0.1, 0.15) is 5.56 Å². The summed E-state index contributed by atoms with van der Waals surface area (Å²) in [7, 11) is 0. The van der Waals surface area contributed by atoms with Crippen molar-refractivity contribution in [3.63, 3.8) is 0 Å². The van der Waals surface area contributed by atoms with E-state index >= 15 is 0 Å². The summed E-state index contributed by atoms with van der Waals surface area (Å²) in [5.41, 5.74) is 1.12. The summed E-state index contributed by atoms with van der Waals surface area (Å²) in [6.45, 7) is 0. The molecule has 0 saturated heterocycles. The summed E-state index contributed by atoms with van der Waals surface area (Å²) in [4.78, 5) is 10.2. The van der Waals surface area contributed by atoms with Crippen molar-refractivity contribution in [2.45, 2.75) is 6.42 Å². The lowest BCUT2D eigenvalue weighted by Crippen LogP contribution is -1.91. The second-order valence-corrected chi connectivity index (χ2v) is 4.32. The van der Waals surface area contributed by atoms with Crippen LogP contribution in [-0.2, 0) is 11.2 Å². The van der Waals surface area contributed by atoms with E-state index < -0.39 is 0 Å². The third-order valence-electron chi connectivity index (χ3n) is 1.33. The number of halogens is 2. The molecule has 58 valence electrons. The van der Waals surface area contributed by atoms with Gasteiger partial charge in [-0.15, -0.1) is 0 Å². The number of hydrogen-bond donors (Lipinski definition) is 0. The highest BCUT2D eigenvalue weighted by atomic mass is 127. The topological polar surface area (TPSA) is 17.1 Å². The van der Waals surface area contributed by atoms with Gasteiger partial charge in [-0.1, -0.05) is 12.1 Å². The zero-order chi connectivity index (χ0) is 8.27. The van der Waals surface area contributed by atoms with Crippen molar-refractivity contribution in [2.24, 2.45) is 0 Å². The zero-order valence-electron chi connectivity index (χ0n) is 5.68. The molecule has 0 unspecified atom stereocenters. The molecule has 0 radical (unpaired) electrons. The van der Waals surface area contributed by atoms with E-state index in [0.29, 0.717) is 6.42 Å². The highest BCUT2D eigenvalue weighted by Crippen LogP contribution is 2.18. The van der Waals surface area contributed by atoms with E-state index in [0.717, 1.165) is 11.8 Å². The van der Waals surface area contributed by atoms with Crippen molar-refractivity contribution in [1.29, 1.82) is 0 Å². The first-order valence-electron chi connectivity index (χ1n) is 3.12. The molecular formula is C8H6I2O. The van der Waals surface area contributed by atoms with Crippen molar-refractivity contribution in [3.8, 4) is 0 Å². The van der Waals surface area contributed by atoms with Gasteiger partial charge in [0.2, 0.25) is 0 Å². The average molecular weight is 372 g/mol. The first kappa shape index (κ1) is 9.44. The second-order valence-electron chi connectivity index (χ2n) is 2.08. The molecular weight excluding hydrogens is 366 g/mol. The molecule has 1 nitrogen and oxygen atoms in total. The maximum Gasteiger partial charge on any atom is 0.124 e. The van der Waals surface area contributed by atoms with Crippen LogP contribution in [-0.4, -0.2) is 6.29 Å². The Labute approximate surface area is 92.8 Å². The molecule has 0 saturated carbocycles. The Bertz CT molecular complexity index is 271. The van der Waals surface area contributed by atoms with Gasteiger partial charge in [0.1, 0.15) is 6.29 Å². The summed E-state index contributed by atoms with van der Waals surface area (Å²) in [6.07, 6.45) is 1.46. The van der Waals surface area contributed by atoms with Crippen LogP contribution in [0.3, 0.4) is 0 Å². The lowest BCUT2D eigenvalue weighted by molar-refractivity contribution is -0.107. The predicted octanol–water partition coefficient (Wildman–Crippen LogP) is 2.64. The van der Waals surface area contributed by atoms with E-state index in [2.05, 4.69) is 45.2 Å². The van der Waals surface area contributed by atoms with Gasteiger partial charge in [-0.05, 0) is 56.8 Å². The first-order valence-corrected chi connectivity index (χ1v) is 5.28. The number of carbonyl (C=O) groups is 1. The highest BCUT2D eigenvalue weighted by Gasteiger charge is 2.00. The molecule has 3 heteroatoms. The Balaban J connectivity index is 3.05. The molecule has 1 aromatic carbocycles. The molecule has 0 N–H and O–H groups in total. The van der Waals surface area contributed by atoms with Gasteiger partial charge in [0.05, 0.1) is 0 Å². The number of rotatable bonds is 2. The molecule has 0 fully saturated rings. The maximum atomic E-state index is 10.2. The minimum absolute atomic E-state index is 0.523. The molecule has 0 atom stereocenters. The summed E-state index contributed by atoms with van der Waals surface area (Å²) in [6, 6.07) is 6.00. The molecule has 0 bridgehead atoms. The average Bonchev–Trinajstić information content (AvgIpc) is 1.99. The van der Waals surface area contributed by atoms with E-state index in [4.69, 9.17) is 0 Å². The van der Waals surface area contributed by atoms with Gasteiger partial charge in [-0.3, -0.25) is 0 Å². The smallest absolute Gasteiger partial charge is 0.124 e. The number of hydrogen-bond acceptors (Lipinski definition) is 1. The van der Waals surface area contributed by atoms with Gasteiger partial charge in [0.25, 0.3) is 0 Å². The molecule has 0 aromatic heterocycles. The lowest BCUT2D eigenvalue weighted by atomic mass is 10.2. The fourth-order valence-electron chi connectivity index (χ4n) is 0.796. The Morgan fingerprint density at radius 3 is 2.73 bits per heavy atom. The van der Waals surface area contributed by atoms with Crippen LogP contribution in [0.5, 0.6) is 0 Å². The van der Waals surface area contributed by atoms with Gasteiger partial charge >= 0.3 is 0 Å². The summed E-state index contributed by atoms with van der Waals surface area (Å²) >= 11 is 4.53. The van der Waals surface area contributed by atoms with Crippen LogP contribution in [0.25, 0.3) is 0 Å². The SMILES string of the molecule is O=CCc1cccc(I)c1I. The first-order chi connectivity index (χ1) is 5.25. The third-order valence-corrected chi connectivity index (χ3v) is 4.54. The van der Waals surface area contributed by atoms with Crippen molar-refractivity contribution < 1.29 is 4.79 Å². The molecule has 11 heavy (non-hydrogen) atoms. The largest absolute Gasteiger partial charge is 0.303 e. The van der Waals surface area contributed by atoms with Crippen LogP contribution in [0.15, 0.2) is 18.2 Å². The van der Waals surface area contributed by atoms with Crippen LogP contribution >= 0.6 is 45.2 Å². The molecule has 0 heterocycles. The van der Waals surface area contributed by atoms with Crippen LogP contribution in [0.2, 0.25) is 0 Å².